The van der Waals surface area contributed by atoms with Gasteiger partial charge < -0.3 is 24.4 Å². The fraction of sp³-hybridized carbons (Fsp3) is 0.609. The summed E-state index contributed by atoms with van der Waals surface area (Å²) >= 11 is 0. The zero-order chi connectivity index (χ0) is 25.8. The zero-order valence-electron chi connectivity index (χ0n) is 20.7. The van der Waals surface area contributed by atoms with Crippen LogP contribution in [0.25, 0.3) is 0 Å². The van der Waals surface area contributed by atoms with Crippen LogP contribution in [0.1, 0.15) is 59.9 Å². The molecule has 0 fully saturated rings. The lowest BCUT2D eigenvalue weighted by Gasteiger charge is -2.26. The maximum atomic E-state index is 13.0. The zero-order valence-corrected chi connectivity index (χ0v) is 20.7. The lowest BCUT2D eigenvalue weighted by atomic mass is 10.1. The Labute approximate surface area is 198 Å². The molecule has 1 heterocycles. The van der Waals surface area contributed by atoms with Gasteiger partial charge in [-0.15, -0.1) is 0 Å². The van der Waals surface area contributed by atoms with Crippen LogP contribution in [-0.4, -0.2) is 53.8 Å². The molecule has 34 heavy (non-hydrogen) atoms. The van der Waals surface area contributed by atoms with Gasteiger partial charge in [0.15, 0.2) is 0 Å². The summed E-state index contributed by atoms with van der Waals surface area (Å²) in [6.45, 7) is 10.5. The molecular weight excluding hydrogens is 446 g/mol. The molecule has 1 aliphatic heterocycles. The number of nitrogens with one attached hydrogen (secondary N) is 1. The smallest absolute Gasteiger partial charge is 0.408 e. The first-order valence-electron chi connectivity index (χ1n) is 11.0. The molecule has 0 radical (unpaired) electrons. The van der Waals surface area contributed by atoms with Gasteiger partial charge in [0.25, 0.3) is 0 Å². The van der Waals surface area contributed by atoms with Gasteiger partial charge in [-0.3, -0.25) is 14.9 Å². The fourth-order valence-electron chi connectivity index (χ4n) is 3.55. The molecule has 11 heteroatoms. The van der Waals surface area contributed by atoms with Crippen molar-refractivity contribution in [3.05, 3.63) is 27.8 Å². The molecule has 0 aromatic heterocycles. The standard InChI is InChI=1S/C23H33N3O8/c1-22(2,3)33-20(28)15(24-21(29)34-23(4,5)6)8-11-18(27)25-13-12-14-16(25)9-10-17(26(30)31)19(14)32-7/h9-10,15H,8,11-13H2,1-7H3,(H,24,29)/t15-/m0/s1. The van der Waals surface area contributed by atoms with Gasteiger partial charge >= 0.3 is 17.7 Å². The molecule has 1 atom stereocenters. The number of alkyl carbamates (subject to hydrolysis) is 1. The monoisotopic (exact) mass is 479 g/mol. The minimum absolute atomic E-state index is 0.0110. The number of hydrogen-bond acceptors (Lipinski definition) is 8. The molecular formula is C23H33N3O8. The van der Waals surface area contributed by atoms with E-state index in [1.165, 1.54) is 24.1 Å². The first-order valence-corrected chi connectivity index (χ1v) is 11.0. The molecule has 0 saturated heterocycles. The number of hydrogen-bond donors (Lipinski definition) is 1. The van der Waals surface area contributed by atoms with Crippen LogP contribution in [0.2, 0.25) is 0 Å². The highest BCUT2D eigenvalue weighted by Crippen LogP contribution is 2.41. The van der Waals surface area contributed by atoms with Gasteiger partial charge in [0, 0.05) is 24.6 Å². The Morgan fingerprint density at radius 2 is 1.74 bits per heavy atom. The van der Waals surface area contributed by atoms with E-state index in [2.05, 4.69) is 5.32 Å². The van der Waals surface area contributed by atoms with Crippen molar-refractivity contribution in [2.24, 2.45) is 0 Å². The Balaban J connectivity index is 2.16. The van der Waals surface area contributed by atoms with E-state index in [0.29, 0.717) is 24.2 Å². The van der Waals surface area contributed by atoms with Crippen molar-refractivity contribution in [2.75, 3.05) is 18.6 Å². The Bertz CT molecular complexity index is 962. The number of fused-ring (bicyclic) bond motifs is 1. The third-order valence-corrected chi connectivity index (χ3v) is 4.82. The van der Waals surface area contributed by atoms with Crippen LogP contribution in [0.4, 0.5) is 16.2 Å². The van der Waals surface area contributed by atoms with Crippen molar-refractivity contribution in [3.63, 3.8) is 0 Å². The van der Waals surface area contributed by atoms with Gasteiger partial charge in [-0.2, -0.15) is 0 Å². The van der Waals surface area contributed by atoms with Crippen LogP contribution in [0.15, 0.2) is 12.1 Å². The maximum absolute atomic E-state index is 13.0. The molecule has 2 amide bonds. The summed E-state index contributed by atoms with van der Waals surface area (Å²) in [6.07, 6.45) is -0.474. The first-order chi connectivity index (χ1) is 15.6. The molecule has 11 nitrogen and oxygen atoms in total. The number of carbonyl (C=O) groups is 3. The summed E-state index contributed by atoms with van der Waals surface area (Å²) in [4.78, 5) is 50.2. The number of ether oxygens (including phenoxy) is 3. The van der Waals surface area contributed by atoms with Gasteiger partial charge in [0.05, 0.1) is 17.7 Å². The lowest BCUT2D eigenvalue weighted by Crippen LogP contribution is -2.46. The minimum Gasteiger partial charge on any atom is -0.490 e. The molecule has 188 valence electrons. The second kappa shape index (κ2) is 10.3. The second-order valence-corrected chi connectivity index (χ2v) is 9.94. The first kappa shape index (κ1) is 26.9. The number of anilines is 1. The molecule has 0 unspecified atom stereocenters. The Morgan fingerprint density at radius 1 is 1.12 bits per heavy atom. The van der Waals surface area contributed by atoms with E-state index in [1.54, 1.807) is 41.5 Å². The fourth-order valence-corrected chi connectivity index (χ4v) is 3.55. The third kappa shape index (κ3) is 7.06. The van der Waals surface area contributed by atoms with Gasteiger partial charge in [-0.1, -0.05) is 0 Å². The molecule has 1 aliphatic rings. The molecule has 0 aliphatic carbocycles. The number of carbonyl (C=O) groups excluding carboxylic acids is 3. The summed E-state index contributed by atoms with van der Waals surface area (Å²) in [5.41, 5.74) is -0.600. The van der Waals surface area contributed by atoms with Crippen molar-refractivity contribution in [1.82, 2.24) is 5.32 Å². The van der Waals surface area contributed by atoms with E-state index in [4.69, 9.17) is 14.2 Å². The molecule has 0 bridgehead atoms. The van der Waals surface area contributed by atoms with Crippen LogP contribution >= 0.6 is 0 Å². The highest BCUT2D eigenvalue weighted by molar-refractivity contribution is 5.97. The summed E-state index contributed by atoms with van der Waals surface area (Å²) in [7, 11) is 1.35. The number of methoxy groups -OCH3 is 1. The predicted octanol–water partition coefficient (Wildman–Crippen LogP) is 3.51. The molecule has 1 aromatic carbocycles. The molecule has 1 N–H and O–H groups in total. The van der Waals surface area contributed by atoms with E-state index < -0.39 is 34.2 Å². The molecule has 0 saturated carbocycles. The summed E-state index contributed by atoms with van der Waals surface area (Å²) in [6, 6.07) is 1.73. The van der Waals surface area contributed by atoms with Crippen LogP contribution < -0.4 is 15.0 Å². The normalized spacial score (nSPS) is 14.1. The van der Waals surface area contributed by atoms with Crippen LogP contribution in [0, 0.1) is 10.1 Å². The largest absolute Gasteiger partial charge is 0.490 e. The van der Waals surface area contributed by atoms with Crippen molar-refractivity contribution in [1.29, 1.82) is 0 Å². The molecule has 2 rings (SSSR count). The van der Waals surface area contributed by atoms with E-state index in [-0.39, 0.29) is 30.2 Å². The summed E-state index contributed by atoms with van der Waals surface area (Å²) < 4.78 is 15.9. The van der Waals surface area contributed by atoms with E-state index in [9.17, 15) is 24.5 Å². The van der Waals surface area contributed by atoms with Crippen LogP contribution in [0.5, 0.6) is 5.75 Å². The number of benzene rings is 1. The number of nitro groups is 1. The summed E-state index contributed by atoms with van der Waals surface area (Å²) in [5.74, 6) is -0.837. The van der Waals surface area contributed by atoms with Crippen LogP contribution in [-0.2, 0) is 25.5 Å². The van der Waals surface area contributed by atoms with Crippen molar-refractivity contribution in [2.45, 2.75) is 78.0 Å². The average Bonchev–Trinajstić information content (AvgIpc) is 3.11. The minimum atomic E-state index is -1.09. The van der Waals surface area contributed by atoms with Gasteiger partial charge in [-0.05, 0) is 60.5 Å². The highest BCUT2D eigenvalue weighted by atomic mass is 16.6. The average molecular weight is 480 g/mol. The van der Waals surface area contributed by atoms with Gasteiger partial charge in [-0.25, -0.2) is 9.59 Å². The van der Waals surface area contributed by atoms with Gasteiger partial charge in [0.1, 0.15) is 17.2 Å². The van der Waals surface area contributed by atoms with Gasteiger partial charge in [0.2, 0.25) is 11.7 Å². The van der Waals surface area contributed by atoms with Crippen LogP contribution in [0.3, 0.4) is 0 Å². The number of esters is 1. The number of rotatable bonds is 7. The number of nitro benzene ring substituents is 1. The second-order valence-electron chi connectivity index (χ2n) is 9.94. The Morgan fingerprint density at radius 3 is 2.26 bits per heavy atom. The van der Waals surface area contributed by atoms with E-state index >= 15 is 0 Å². The SMILES string of the molecule is COc1c([N+](=O)[O-])ccc2c1CCN2C(=O)CC[C@H](NC(=O)OC(C)(C)C)C(=O)OC(C)(C)C. The third-order valence-electron chi connectivity index (χ3n) is 4.82. The quantitative estimate of drug-likeness (QED) is 0.356. The van der Waals surface area contributed by atoms with Crippen molar-refractivity contribution in [3.8, 4) is 5.75 Å². The molecule has 0 spiro atoms. The van der Waals surface area contributed by atoms with Crippen molar-refractivity contribution >= 4 is 29.3 Å². The predicted molar refractivity (Wildman–Crippen MR) is 124 cm³/mol. The lowest BCUT2D eigenvalue weighted by molar-refractivity contribution is -0.385. The summed E-state index contributed by atoms with van der Waals surface area (Å²) in [5, 5.41) is 13.8. The number of amides is 2. The Kier molecular flexibility index (Phi) is 8.12. The topological polar surface area (TPSA) is 137 Å². The van der Waals surface area contributed by atoms with Crippen molar-refractivity contribution < 1.29 is 33.5 Å². The van der Waals surface area contributed by atoms with E-state index in [1.807, 2.05) is 0 Å². The Hall–Kier alpha value is -3.37. The highest BCUT2D eigenvalue weighted by Gasteiger charge is 2.33. The molecule has 1 aromatic rings. The number of nitrogens with zero attached hydrogens (tertiary/aromatic N) is 2. The maximum Gasteiger partial charge on any atom is 0.408 e. The van der Waals surface area contributed by atoms with E-state index in [0.717, 1.165) is 0 Å².